The van der Waals surface area contributed by atoms with Crippen LogP contribution in [0.4, 0.5) is 0 Å². The van der Waals surface area contributed by atoms with Gasteiger partial charge in [0.15, 0.2) is 0 Å². The van der Waals surface area contributed by atoms with Gasteiger partial charge in [-0.3, -0.25) is 4.79 Å². The number of likely N-dealkylation sites (N-methyl/N-ethyl adjacent to an activating group) is 1. The monoisotopic (exact) mass is 304 g/mol. The first-order valence-corrected chi connectivity index (χ1v) is 7.11. The van der Waals surface area contributed by atoms with Gasteiger partial charge in [0.25, 0.3) is 0 Å². The van der Waals surface area contributed by atoms with E-state index in [0.29, 0.717) is 31.1 Å². The second kappa shape index (κ2) is 8.14. The van der Waals surface area contributed by atoms with Gasteiger partial charge in [-0.15, -0.1) is 0 Å². The first-order valence-electron chi connectivity index (χ1n) is 7.11. The van der Waals surface area contributed by atoms with E-state index in [1.165, 1.54) is 0 Å². The van der Waals surface area contributed by atoms with Gasteiger partial charge < -0.3 is 19.9 Å². The van der Waals surface area contributed by atoms with E-state index in [1.807, 2.05) is 31.3 Å². The summed E-state index contributed by atoms with van der Waals surface area (Å²) in [4.78, 5) is 15.9. The third-order valence-corrected chi connectivity index (χ3v) is 3.08. The van der Waals surface area contributed by atoms with Gasteiger partial charge in [0, 0.05) is 31.5 Å². The van der Waals surface area contributed by atoms with Crippen LogP contribution in [-0.2, 0) is 11.2 Å². The summed E-state index contributed by atoms with van der Waals surface area (Å²) in [5, 5.41) is 9.69. The Hall–Kier alpha value is -2.41. The summed E-state index contributed by atoms with van der Waals surface area (Å²) in [5.74, 6) is 1.70. The van der Waals surface area contributed by atoms with Crippen molar-refractivity contribution in [3.63, 3.8) is 0 Å². The van der Waals surface area contributed by atoms with Crippen molar-refractivity contribution in [3.05, 3.63) is 30.2 Å². The van der Waals surface area contributed by atoms with Crippen LogP contribution in [0.3, 0.4) is 0 Å². The van der Waals surface area contributed by atoms with Gasteiger partial charge >= 0.3 is 0 Å². The normalized spacial score (nSPS) is 10.5. The Morgan fingerprint density at radius 2 is 2.05 bits per heavy atom. The fourth-order valence-corrected chi connectivity index (χ4v) is 1.85. The van der Waals surface area contributed by atoms with Crippen LogP contribution in [0.2, 0.25) is 0 Å². The Morgan fingerprint density at radius 1 is 1.27 bits per heavy atom. The van der Waals surface area contributed by atoms with Crippen LogP contribution in [0.5, 0.6) is 5.75 Å². The zero-order valence-corrected chi connectivity index (χ0v) is 12.8. The molecule has 7 nitrogen and oxygen atoms in total. The van der Waals surface area contributed by atoms with E-state index >= 15 is 0 Å². The van der Waals surface area contributed by atoms with Gasteiger partial charge in [-0.1, -0.05) is 5.16 Å². The first kappa shape index (κ1) is 16.0. The number of rotatable bonds is 8. The van der Waals surface area contributed by atoms with E-state index in [4.69, 9.17) is 9.26 Å². The molecule has 2 aromatic rings. The molecule has 2 N–H and O–H groups in total. The van der Waals surface area contributed by atoms with Crippen molar-refractivity contribution in [1.29, 1.82) is 0 Å². The second-order valence-electron chi connectivity index (χ2n) is 4.69. The SMILES string of the molecule is CNCCNC(=O)CCc1nc(-c2ccc(OC)cc2)no1. The first-order chi connectivity index (χ1) is 10.7. The van der Waals surface area contributed by atoms with Crippen molar-refractivity contribution in [1.82, 2.24) is 20.8 Å². The fraction of sp³-hybridized carbons (Fsp3) is 0.400. The minimum atomic E-state index is -0.0283. The summed E-state index contributed by atoms with van der Waals surface area (Å²) in [5.41, 5.74) is 0.842. The lowest BCUT2D eigenvalue weighted by atomic mass is 10.2. The molecule has 118 valence electrons. The molecule has 0 spiro atoms. The zero-order valence-electron chi connectivity index (χ0n) is 12.8. The number of aromatic nitrogens is 2. The van der Waals surface area contributed by atoms with Gasteiger partial charge in [-0.05, 0) is 31.3 Å². The lowest BCUT2D eigenvalue weighted by molar-refractivity contribution is -0.121. The quantitative estimate of drug-likeness (QED) is 0.708. The van der Waals surface area contributed by atoms with E-state index in [0.717, 1.165) is 17.9 Å². The van der Waals surface area contributed by atoms with Crippen LogP contribution in [0.1, 0.15) is 12.3 Å². The second-order valence-corrected chi connectivity index (χ2v) is 4.69. The van der Waals surface area contributed by atoms with E-state index in [1.54, 1.807) is 7.11 Å². The lowest BCUT2D eigenvalue weighted by Gasteiger charge is -2.02. The molecular weight excluding hydrogens is 284 g/mol. The lowest BCUT2D eigenvalue weighted by Crippen LogP contribution is -2.30. The van der Waals surface area contributed by atoms with Crippen LogP contribution in [0.25, 0.3) is 11.4 Å². The number of hydrogen-bond donors (Lipinski definition) is 2. The van der Waals surface area contributed by atoms with Crippen molar-refractivity contribution >= 4 is 5.91 Å². The highest BCUT2D eigenvalue weighted by Crippen LogP contribution is 2.19. The number of methoxy groups -OCH3 is 1. The van der Waals surface area contributed by atoms with E-state index in [2.05, 4.69) is 20.8 Å². The molecule has 0 bridgehead atoms. The van der Waals surface area contributed by atoms with Crippen LogP contribution >= 0.6 is 0 Å². The van der Waals surface area contributed by atoms with Gasteiger partial charge in [0.05, 0.1) is 7.11 Å². The Kier molecular flexibility index (Phi) is 5.91. The molecule has 1 aromatic carbocycles. The highest BCUT2D eigenvalue weighted by atomic mass is 16.5. The van der Waals surface area contributed by atoms with Gasteiger partial charge in [0.1, 0.15) is 5.75 Å². The summed E-state index contributed by atoms with van der Waals surface area (Å²) in [6, 6.07) is 7.39. The standard InChI is InChI=1S/C15H20N4O3/c1-16-9-10-17-13(20)7-8-14-18-15(19-22-14)11-3-5-12(21-2)6-4-11/h3-6,16H,7-10H2,1-2H3,(H,17,20). The molecule has 2 rings (SSSR count). The number of ether oxygens (including phenoxy) is 1. The molecule has 0 radical (unpaired) electrons. The van der Waals surface area contributed by atoms with Crippen LogP contribution in [-0.4, -0.2) is 43.3 Å². The highest BCUT2D eigenvalue weighted by molar-refractivity contribution is 5.76. The molecule has 1 aromatic heterocycles. The number of amides is 1. The minimum absolute atomic E-state index is 0.0283. The summed E-state index contributed by atoms with van der Waals surface area (Å²) in [7, 11) is 3.45. The number of carbonyl (C=O) groups excluding carboxylic acids is 1. The molecular formula is C15H20N4O3. The number of aryl methyl sites for hydroxylation is 1. The van der Waals surface area contributed by atoms with Crippen molar-refractivity contribution in [2.45, 2.75) is 12.8 Å². The summed E-state index contributed by atoms with van der Waals surface area (Å²) < 4.78 is 10.3. The number of carbonyl (C=O) groups is 1. The van der Waals surface area contributed by atoms with E-state index in [-0.39, 0.29) is 5.91 Å². The average Bonchev–Trinajstić information content (AvgIpc) is 3.02. The third kappa shape index (κ3) is 4.56. The molecule has 0 fully saturated rings. The summed E-state index contributed by atoms with van der Waals surface area (Å²) >= 11 is 0. The predicted molar refractivity (Wildman–Crippen MR) is 81.5 cm³/mol. The Balaban J connectivity index is 1.86. The van der Waals surface area contributed by atoms with Crippen molar-refractivity contribution < 1.29 is 14.1 Å². The van der Waals surface area contributed by atoms with E-state index in [9.17, 15) is 4.79 Å². The number of nitrogens with one attached hydrogen (secondary N) is 2. The van der Waals surface area contributed by atoms with Gasteiger partial charge in [-0.2, -0.15) is 4.98 Å². The maximum Gasteiger partial charge on any atom is 0.227 e. The minimum Gasteiger partial charge on any atom is -0.497 e. The Labute approximate surface area is 129 Å². The van der Waals surface area contributed by atoms with Crippen LogP contribution < -0.4 is 15.4 Å². The van der Waals surface area contributed by atoms with Crippen molar-refractivity contribution in [2.75, 3.05) is 27.2 Å². The summed E-state index contributed by atoms with van der Waals surface area (Å²) in [6.07, 6.45) is 0.752. The largest absolute Gasteiger partial charge is 0.497 e. The molecule has 1 amide bonds. The van der Waals surface area contributed by atoms with Gasteiger partial charge in [0.2, 0.25) is 17.6 Å². The molecule has 0 atom stereocenters. The third-order valence-electron chi connectivity index (χ3n) is 3.08. The van der Waals surface area contributed by atoms with Crippen LogP contribution in [0, 0.1) is 0 Å². The Morgan fingerprint density at radius 3 is 2.73 bits per heavy atom. The molecule has 22 heavy (non-hydrogen) atoms. The molecule has 0 aliphatic carbocycles. The smallest absolute Gasteiger partial charge is 0.227 e. The number of nitrogens with zero attached hydrogens (tertiary/aromatic N) is 2. The topological polar surface area (TPSA) is 89.3 Å². The average molecular weight is 304 g/mol. The van der Waals surface area contributed by atoms with Crippen molar-refractivity contribution in [3.8, 4) is 17.1 Å². The molecule has 1 heterocycles. The fourth-order valence-electron chi connectivity index (χ4n) is 1.85. The Bertz CT molecular complexity index is 595. The van der Waals surface area contributed by atoms with Crippen LogP contribution in [0.15, 0.2) is 28.8 Å². The molecule has 7 heteroatoms. The van der Waals surface area contributed by atoms with Crippen molar-refractivity contribution in [2.24, 2.45) is 0 Å². The maximum atomic E-state index is 11.6. The predicted octanol–water partition coefficient (Wildman–Crippen LogP) is 1.01. The van der Waals surface area contributed by atoms with E-state index < -0.39 is 0 Å². The maximum absolute atomic E-state index is 11.6. The molecule has 0 aliphatic heterocycles. The van der Waals surface area contributed by atoms with Gasteiger partial charge in [-0.25, -0.2) is 0 Å². The highest BCUT2D eigenvalue weighted by Gasteiger charge is 2.10. The molecule has 0 saturated heterocycles. The molecule has 0 saturated carbocycles. The number of hydrogen-bond acceptors (Lipinski definition) is 6. The molecule has 0 unspecified atom stereocenters. The molecule has 0 aliphatic rings. The zero-order chi connectivity index (χ0) is 15.8. The number of benzene rings is 1. The summed E-state index contributed by atoms with van der Waals surface area (Å²) in [6.45, 7) is 1.35.